The molecule has 0 bridgehead atoms. The van der Waals surface area contributed by atoms with Gasteiger partial charge in [0.1, 0.15) is 5.82 Å². The zero-order valence-corrected chi connectivity index (χ0v) is 9.73. The van der Waals surface area contributed by atoms with Crippen LogP contribution >= 0.6 is 0 Å². The Morgan fingerprint density at radius 1 is 1.29 bits per heavy atom. The lowest BCUT2D eigenvalue weighted by Gasteiger charge is -2.07. The Bertz CT molecular complexity index is 346. The van der Waals surface area contributed by atoms with Crippen molar-refractivity contribution in [2.75, 3.05) is 20.3 Å². The molecule has 0 aliphatic rings. The molecule has 0 radical (unpaired) electrons. The van der Waals surface area contributed by atoms with Gasteiger partial charge in [0.2, 0.25) is 0 Å². The minimum atomic E-state index is -1.80. The molecular weight excluding hydrogens is 226 g/mol. The molecule has 0 saturated carbocycles. The summed E-state index contributed by atoms with van der Waals surface area (Å²) in [4.78, 5) is 0. The van der Waals surface area contributed by atoms with Gasteiger partial charge in [-0.1, -0.05) is 12.1 Å². The molecule has 0 aliphatic heterocycles. The van der Waals surface area contributed by atoms with Crippen molar-refractivity contribution in [1.82, 2.24) is 0 Å². The van der Waals surface area contributed by atoms with E-state index in [2.05, 4.69) is 0 Å². The van der Waals surface area contributed by atoms with Gasteiger partial charge < -0.3 is 19.5 Å². The van der Waals surface area contributed by atoms with E-state index in [-0.39, 0.29) is 5.46 Å². The quantitative estimate of drug-likeness (QED) is 0.524. The minimum Gasteiger partial charge on any atom is -0.423 e. The predicted molar refractivity (Wildman–Crippen MR) is 62.4 cm³/mol. The molecule has 0 spiro atoms. The normalized spacial score (nSPS) is 10.6. The third-order valence-corrected chi connectivity index (χ3v) is 2.24. The molecule has 0 saturated heterocycles. The molecule has 0 aromatic heterocycles. The highest BCUT2D eigenvalue weighted by Crippen LogP contribution is 2.03. The Kier molecular flexibility index (Phi) is 6.14. The molecule has 17 heavy (non-hydrogen) atoms. The first-order chi connectivity index (χ1) is 8.15. The summed E-state index contributed by atoms with van der Waals surface area (Å²) in [7, 11) is -0.182. The zero-order valence-electron chi connectivity index (χ0n) is 9.73. The first-order valence-electron chi connectivity index (χ1n) is 5.36. The molecule has 1 rings (SSSR count). The summed E-state index contributed by atoms with van der Waals surface area (Å²) in [5, 5.41) is 17.9. The second kappa shape index (κ2) is 7.39. The maximum absolute atomic E-state index is 13.1. The standard InChI is InChI=1S/C11H16BFO4/c1-16-5-2-6-17-8-9-3-4-11(13)10(7-9)12(14)15/h3-4,7,14-15H,2,5-6,8H2,1H3. The van der Waals surface area contributed by atoms with Crippen molar-refractivity contribution in [3.63, 3.8) is 0 Å². The number of benzene rings is 1. The van der Waals surface area contributed by atoms with Gasteiger partial charge in [0.05, 0.1) is 6.61 Å². The van der Waals surface area contributed by atoms with Crippen LogP contribution in [-0.4, -0.2) is 37.5 Å². The van der Waals surface area contributed by atoms with Crippen molar-refractivity contribution in [2.24, 2.45) is 0 Å². The maximum Gasteiger partial charge on any atom is 0.491 e. The highest BCUT2D eigenvalue weighted by molar-refractivity contribution is 6.58. The first-order valence-corrected chi connectivity index (χ1v) is 5.36. The summed E-state index contributed by atoms with van der Waals surface area (Å²) in [6.45, 7) is 1.48. The number of rotatable bonds is 7. The molecule has 0 fully saturated rings. The highest BCUT2D eigenvalue weighted by Gasteiger charge is 2.16. The third kappa shape index (κ3) is 4.83. The molecule has 2 N–H and O–H groups in total. The fraction of sp³-hybridized carbons (Fsp3) is 0.455. The SMILES string of the molecule is COCCCOCc1ccc(F)c(B(O)O)c1. The fourth-order valence-corrected chi connectivity index (χ4v) is 1.38. The molecule has 0 amide bonds. The summed E-state index contributed by atoms with van der Waals surface area (Å²) < 4.78 is 23.3. The number of hydrogen-bond donors (Lipinski definition) is 2. The molecule has 4 nitrogen and oxygen atoms in total. The van der Waals surface area contributed by atoms with E-state index in [1.54, 1.807) is 13.2 Å². The van der Waals surface area contributed by atoms with E-state index in [0.29, 0.717) is 25.4 Å². The predicted octanol–water partition coefficient (Wildman–Crippen LogP) is 0.0586. The molecule has 1 aromatic carbocycles. The van der Waals surface area contributed by atoms with E-state index < -0.39 is 12.9 Å². The summed E-state index contributed by atoms with van der Waals surface area (Å²) in [5.41, 5.74) is 0.565. The Labute approximate surface area is 100 Å². The Balaban J connectivity index is 2.46. The number of halogens is 1. The van der Waals surface area contributed by atoms with Crippen LogP contribution in [0.25, 0.3) is 0 Å². The van der Waals surface area contributed by atoms with Crippen LogP contribution in [0.3, 0.4) is 0 Å². The van der Waals surface area contributed by atoms with Crippen molar-refractivity contribution in [3.05, 3.63) is 29.6 Å². The molecule has 0 atom stereocenters. The Hall–Kier alpha value is -0.945. The van der Waals surface area contributed by atoms with Crippen LogP contribution in [0.2, 0.25) is 0 Å². The molecule has 94 valence electrons. The number of methoxy groups -OCH3 is 1. The topological polar surface area (TPSA) is 58.9 Å². The largest absolute Gasteiger partial charge is 0.491 e. The maximum atomic E-state index is 13.1. The second-order valence-corrected chi connectivity index (χ2v) is 3.63. The summed E-state index contributed by atoms with van der Waals surface area (Å²) in [6, 6.07) is 4.14. The van der Waals surface area contributed by atoms with Gasteiger partial charge in [-0.25, -0.2) is 4.39 Å². The molecule has 1 aromatic rings. The summed E-state index contributed by atoms with van der Waals surface area (Å²) in [5.74, 6) is -0.636. The van der Waals surface area contributed by atoms with Crippen LogP contribution in [0.1, 0.15) is 12.0 Å². The van der Waals surface area contributed by atoms with E-state index in [1.165, 1.54) is 12.1 Å². The minimum absolute atomic E-state index is 0.136. The molecule has 6 heteroatoms. The van der Waals surface area contributed by atoms with Crippen LogP contribution in [0.4, 0.5) is 4.39 Å². The van der Waals surface area contributed by atoms with Crippen molar-refractivity contribution in [3.8, 4) is 0 Å². The van der Waals surface area contributed by atoms with Crippen LogP contribution in [0, 0.1) is 5.82 Å². The lowest BCUT2D eigenvalue weighted by molar-refractivity contribution is 0.0928. The van der Waals surface area contributed by atoms with E-state index in [1.807, 2.05) is 0 Å². The zero-order chi connectivity index (χ0) is 12.7. The first kappa shape index (κ1) is 14.1. The second-order valence-electron chi connectivity index (χ2n) is 3.63. The molecule has 0 heterocycles. The van der Waals surface area contributed by atoms with E-state index in [4.69, 9.17) is 19.5 Å². The average molecular weight is 242 g/mol. The van der Waals surface area contributed by atoms with E-state index >= 15 is 0 Å². The van der Waals surface area contributed by atoms with E-state index in [0.717, 1.165) is 6.42 Å². The third-order valence-electron chi connectivity index (χ3n) is 2.24. The van der Waals surface area contributed by atoms with Gasteiger partial charge in [0.15, 0.2) is 0 Å². The van der Waals surface area contributed by atoms with Crippen molar-refractivity contribution < 1.29 is 23.9 Å². The molecule has 0 aliphatic carbocycles. The Morgan fingerprint density at radius 2 is 2.06 bits per heavy atom. The fourth-order valence-electron chi connectivity index (χ4n) is 1.38. The van der Waals surface area contributed by atoms with Crippen LogP contribution < -0.4 is 5.46 Å². The van der Waals surface area contributed by atoms with Crippen molar-refractivity contribution in [1.29, 1.82) is 0 Å². The van der Waals surface area contributed by atoms with Crippen LogP contribution in [0.5, 0.6) is 0 Å². The molecule has 0 unspecified atom stereocenters. The average Bonchev–Trinajstić information content (AvgIpc) is 2.30. The van der Waals surface area contributed by atoms with Gasteiger partial charge in [-0.05, 0) is 18.1 Å². The van der Waals surface area contributed by atoms with Crippen LogP contribution in [0.15, 0.2) is 18.2 Å². The molecular formula is C11H16BFO4. The van der Waals surface area contributed by atoms with Crippen molar-refractivity contribution >= 4 is 12.6 Å². The monoisotopic (exact) mass is 242 g/mol. The van der Waals surface area contributed by atoms with Gasteiger partial charge in [0.25, 0.3) is 0 Å². The van der Waals surface area contributed by atoms with E-state index in [9.17, 15) is 4.39 Å². The smallest absolute Gasteiger partial charge is 0.423 e. The highest BCUT2D eigenvalue weighted by atomic mass is 19.1. The van der Waals surface area contributed by atoms with Gasteiger partial charge in [-0.15, -0.1) is 0 Å². The van der Waals surface area contributed by atoms with Gasteiger partial charge in [0, 0.05) is 25.8 Å². The number of hydrogen-bond acceptors (Lipinski definition) is 4. The van der Waals surface area contributed by atoms with Gasteiger partial charge in [-0.3, -0.25) is 0 Å². The van der Waals surface area contributed by atoms with Gasteiger partial charge in [-0.2, -0.15) is 0 Å². The lowest BCUT2D eigenvalue weighted by Crippen LogP contribution is -2.33. The van der Waals surface area contributed by atoms with Gasteiger partial charge >= 0.3 is 7.12 Å². The Morgan fingerprint density at radius 3 is 2.71 bits per heavy atom. The van der Waals surface area contributed by atoms with Crippen molar-refractivity contribution in [2.45, 2.75) is 13.0 Å². The van der Waals surface area contributed by atoms with Crippen LogP contribution in [-0.2, 0) is 16.1 Å². The summed E-state index contributed by atoms with van der Waals surface area (Å²) >= 11 is 0. The lowest BCUT2D eigenvalue weighted by atomic mass is 9.79. The number of ether oxygens (including phenoxy) is 2. The summed E-state index contributed by atoms with van der Waals surface area (Å²) in [6.07, 6.45) is 0.785.